The minimum absolute atomic E-state index is 0.299. The molecule has 5 aromatic rings. The van der Waals surface area contributed by atoms with Crippen LogP contribution in [0.3, 0.4) is 0 Å². The highest BCUT2D eigenvalue weighted by molar-refractivity contribution is 8.00. The monoisotopic (exact) mass is 423 g/mol. The van der Waals surface area contributed by atoms with Gasteiger partial charge in [0.25, 0.3) is 0 Å². The minimum Gasteiger partial charge on any atom is -0.297 e. The van der Waals surface area contributed by atoms with Gasteiger partial charge in [-0.05, 0) is 24.3 Å². The van der Waals surface area contributed by atoms with Crippen molar-refractivity contribution in [3.05, 3.63) is 48.8 Å². The van der Waals surface area contributed by atoms with Crippen molar-refractivity contribution in [2.75, 3.05) is 11.5 Å². The fourth-order valence-electron chi connectivity index (χ4n) is 3.38. The zero-order valence-electron chi connectivity index (χ0n) is 14.5. The van der Waals surface area contributed by atoms with Crippen LogP contribution in [0.4, 0.5) is 0 Å². The number of thioether (sulfide) groups is 2. The van der Waals surface area contributed by atoms with E-state index in [1.165, 1.54) is 4.70 Å². The predicted molar refractivity (Wildman–Crippen MR) is 112 cm³/mol. The van der Waals surface area contributed by atoms with Gasteiger partial charge in [0.1, 0.15) is 0 Å². The molecule has 0 N–H and O–H groups in total. The normalized spacial score (nSPS) is 16.2. The molecule has 0 saturated heterocycles. The molecule has 1 aliphatic rings. The van der Waals surface area contributed by atoms with E-state index in [-0.39, 0.29) is 0 Å². The van der Waals surface area contributed by atoms with Gasteiger partial charge in [-0.15, -0.1) is 20.4 Å². The van der Waals surface area contributed by atoms with Crippen molar-refractivity contribution in [1.82, 2.24) is 34.3 Å². The minimum atomic E-state index is 0.299. The summed E-state index contributed by atoms with van der Waals surface area (Å²) in [5.74, 6) is 2.75. The van der Waals surface area contributed by atoms with Gasteiger partial charge in [0.05, 0.1) is 16.3 Å². The second-order valence-electron chi connectivity index (χ2n) is 6.36. The van der Waals surface area contributed by atoms with Crippen LogP contribution in [0, 0.1) is 0 Å². The molecule has 10 heteroatoms. The van der Waals surface area contributed by atoms with Crippen LogP contribution in [0.15, 0.2) is 59.1 Å². The summed E-state index contributed by atoms with van der Waals surface area (Å²) in [5, 5.41) is 19.4. The average molecular weight is 424 g/mol. The standard InChI is InChI=1S/C18H13N7S3/c1-2-6-14-13(5-1)25-17(22-23-18(25)28-14)27-10-12-9-26-16-21-20-15(24(12)16)11-4-3-7-19-8-11/h1-8,12H,9-10H2. The molecule has 0 bridgehead atoms. The maximum atomic E-state index is 4.42. The van der Waals surface area contributed by atoms with Gasteiger partial charge in [-0.1, -0.05) is 47.0 Å². The van der Waals surface area contributed by atoms with Gasteiger partial charge < -0.3 is 0 Å². The Kier molecular flexibility index (Phi) is 3.88. The van der Waals surface area contributed by atoms with Gasteiger partial charge in [-0.3, -0.25) is 14.0 Å². The van der Waals surface area contributed by atoms with Crippen LogP contribution in [-0.4, -0.2) is 45.9 Å². The molecular weight excluding hydrogens is 410 g/mol. The summed E-state index contributed by atoms with van der Waals surface area (Å²) in [6, 6.07) is 12.6. The van der Waals surface area contributed by atoms with Crippen molar-refractivity contribution in [3.8, 4) is 11.4 Å². The highest BCUT2D eigenvalue weighted by Gasteiger charge is 2.29. The van der Waals surface area contributed by atoms with Crippen molar-refractivity contribution in [2.24, 2.45) is 0 Å². The second kappa shape index (κ2) is 6.57. The third-order valence-corrected chi connectivity index (χ3v) is 7.84. The summed E-state index contributed by atoms with van der Waals surface area (Å²) in [6.07, 6.45) is 3.61. The maximum absolute atomic E-state index is 4.42. The number of pyridine rings is 1. The van der Waals surface area contributed by atoms with E-state index >= 15 is 0 Å². The first-order valence-corrected chi connectivity index (χ1v) is 11.5. The van der Waals surface area contributed by atoms with Crippen LogP contribution in [0.25, 0.3) is 26.6 Å². The number of para-hydroxylation sites is 1. The third kappa shape index (κ3) is 2.55. The van der Waals surface area contributed by atoms with Gasteiger partial charge in [-0.2, -0.15) is 0 Å². The van der Waals surface area contributed by atoms with Crippen molar-refractivity contribution < 1.29 is 0 Å². The first-order valence-electron chi connectivity index (χ1n) is 8.72. The van der Waals surface area contributed by atoms with E-state index in [4.69, 9.17) is 0 Å². The molecule has 0 saturated carbocycles. The molecule has 5 heterocycles. The Morgan fingerprint density at radius 2 is 2.04 bits per heavy atom. The number of hydrogen-bond donors (Lipinski definition) is 0. The highest BCUT2D eigenvalue weighted by atomic mass is 32.2. The number of nitrogens with zero attached hydrogens (tertiary/aromatic N) is 7. The largest absolute Gasteiger partial charge is 0.297 e. The Hall–Kier alpha value is -2.43. The van der Waals surface area contributed by atoms with E-state index in [0.29, 0.717) is 6.04 Å². The highest BCUT2D eigenvalue weighted by Crippen LogP contribution is 2.39. The number of hydrogen-bond acceptors (Lipinski definition) is 8. The molecule has 1 unspecified atom stereocenters. The predicted octanol–water partition coefficient (Wildman–Crippen LogP) is 4.04. The molecule has 7 nitrogen and oxygen atoms in total. The molecular formula is C18H13N7S3. The molecule has 0 aliphatic carbocycles. The van der Waals surface area contributed by atoms with Crippen LogP contribution in [0.1, 0.15) is 6.04 Å². The summed E-state index contributed by atoms with van der Waals surface area (Å²) in [6.45, 7) is 0. The molecule has 0 amide bonds. The van der Waals surface area contributed by atoms with E-state index in [9.17, 15) is 0 Å². The first-order chi connectivity index (χ1) is 13.9. The molecule has 0 fully saturated rings. The lowest BCUT2D eigenvalue weighted by Crippen LogP contribution is -2.11. The average Bonchev–Trinajstić information content (AvgIpc) is 3.48. The van der Waals surface area contributed by atoms with Crippen molar-refractivity contribution >= 4 is 50.0 Å². The van der Waals surface area contributed by atoms with E-state index in [2.05, 4.69) is 58.6 Å². The molecule has 0 spiro atoms. The lowest BCUT2D eigenvalue weighted by Gasteiger charge is -2.13. The lowest BCUT2D eigenvalue weighted by atomic mass is 10.2. The Balaban J connectivity index is 1.32. The van der Waals surface area contributed by atoms with Crippen LogP contribution in [-0.2, 0) is 0 Å². The van der Waals surface area contributed by atoms with Crippen LogP contribution in [0.2, 0.25) is 0 Å². The zero-order valence-corrected chi connectivity index (χ0v) is 16.9. The maximum Gasteiger partial charge on any atom is 0.217 e. The smallest absolute Gasteiger partial charge is 0.217 e. The molecule has 28 heavy (non-hydrogen) atoms. The molecule has 138 valence electrons. The molecule has 1 aliphatic heterocycles. The topological polar surface area (TPSA) is 73.8 Å². The summed E-state index contributed by atoms with van der Waals surface area (Å²) < 4.78 is 5.62. The van der Waals surface area contributed by atoms with Crippen molar-refractivity contribution in [2.45, 2.75) is 16.4 Å². The van der Waals surface area contributed by atoms with Gasteiger partial charge in [-0.25, -0.2) is 0 Å². The van der Waals surface area contributed by atoms with Crippen molar-refractivity contribution in [1.29, 1.82) is 0 Å². The molecule has 0 radical (unpaired) electrons. The quantitative estimate of drug-likeness (QED) is 0.404. The second-order valence-corrected chi connectivity index (χ2v) is 9.35. The van der Waals surface area contributed by atoms with E-state index < -0.39 is 0 Å². The SMILES string of the molecule is c1cncc(-c2nnc3n2C(CSc2nnc4sc5ccccc5n24)CS3)c1. The number of aromatic nitrogens is 7. The van der Waals surface area contributed by atoms with Crippen molar-refractivity contribution in [3.63, 3.8) is 0 Å². The molecule has 4 aromatic heterocycles. The summed E-state index contributed by atoms with van der Waals surface area (Å²) in [5.41, 5.74) is 2.16. The lowest BCUT2D eigenvalue weighted by molar-refractivity contribution is 0.596. The Bertz CT molecular complexity index is 1290. The number of thiazole rings is 1. The Labute approximate surface area is 172 Å². The number of benzene rings is 1. The van der Waals surface area contributed by atoms with E-state index in [1.54, 1.807) is 41.1 Å². The first kappa shape index (κ1) is 16.5. The molecule has 1 atom stereocenters. The number of fused-ring (bicyclic) bond motifs is 4. The van der Waals surface area contributed by atoms with Gasteiger partial charge in [0.2, 0.25) is 4.96 Å². The number of rotatable bonds is 4. The van der Waals surface area contributed by atoms with Crippen LogP contribution < -0.4 is 0 Å². The molecule has 1 aromatic carbocycles. The van der Waals surface area contributed by atoms with E-state index in [0.717, 1.165) is 43.7 Å². The summed E-state index contributed by atoms with van der Waals surface area (Å²) in [7, 11) is 0. The van der Waals surface area contributed by atoms with Gasteiger partial charge in [0.15, 0.2) is 16.1 Å². The molecule has 6 rings (SSSR count). The Morgan fingerprint density at radius 1 is 1.07 bits per heavy atom. The zero-order chi connectivity index (χ0) is 18.5. The summed E-state index contributed by atoms with van der Waals surface area (Å²) in [4.78, 5) is 5.16. The fourth-order valence-corrected chi connectivity index (χ4v) is 6.66. The van der Waals surface area contributed by atoms with Gasteiger partial charge >= 0.3 is 0 Å². The summed E-state index contributed by atoms with van der Waals surface area (Å²) >= 11 is 5.16. The Morgan fingerprint density at radius 3 is 2.96 bits per heavy atom. The van der Waals surface area contributed by atoms with Crippen LogP contribution in [0.5, 0.6) is 0 Å². The van der Waals surface area contributed by atoms with Gasteiger partial charge in [0, 0.05) is 29.5 Å². The fraction of sp³-hybridized carbons (Fsp3) is 0.167. The van der Waals surface area contributed by atoms with E-state index in [1.807, 2.05) is 18.3 Å². The van der Waals surface area contributed by atoms with Crippen LogP contribution >= 0.6 is 34.9 Å². The third-order valence-electron chi connectivity index (χ3n) is 4.67.